The van der Waals surface area contributed by atoms with E-state index in [1.807, 2.05) is 42.5 Å². The number of ether oxygens (including phenoxy) is 2. The standard InChI is InChI=1S/C26H31NO5/c1-3-14-30-23-12-10-21(11-13-23)16-27(18-24-7-6-15-31-24)17-22(29)19-32-26-9-5-4-8-25(26)20(2)28/h4-13,15,22,29H,3,14,16-19H2,1-2H3. The van der Waals surface area contributed by atoms with Crippen molar-refractivity contribution < 1.29 is 23.8 Å². The molecule has 3 rings (SSSR count). The van der Waals surface area contributed by atoms with Gasteiger partial charge in [-0.2, -0.15) is 0 Å². The zero-order valence-electron chi connectivity index (χ0n) is 18.7. The third kappa shape index (κ3) is 7.25. The van der Waals surface area contributed by atoms with Gasteiger partial charge in [-0.05, 0) is 55.3 Å². The van der Waals surface area contributed by atoms with Crippen molar-refractivity contribution in [1.82, 2.24) is 4.90 Å². The molecule has 1 N–H and O–H groups in total. The zero-order valence-corrected chi connectivity index (χ0v) is 18.7. The van der Waals surface area contributed by atoms with Gasteiger partial charge in [-0.1, -0.05) is 31.2 Å². The smallest absolute Gasteiger partial charge is 0.163 e. The van der Waals surface area contributed by atoms with E-state index in [9.17, 15) is 9.90 Å². The summed E-state index contributed by atoms with van der Waals surface area (Å²) in [5, 5.41) is 10.7. The molecular weight excluding hydrogens is 406 g/mol. The minimum atomic E-state index is -0.739. The highest BCUT2D eigenvalue weighted by Gasteiger charge is 2.16. The Morgan fingerprint density at radius 2 is 1.81 bits per heavy atom. The van der Waals surface area contributed by atoms with E-state index in [4.69, 9.17) is 13.9 Å². The van der Waals surface area contributed by atoms with Crippen LogP contribution in [0.2, 0.25) is 0 Å². The molecule has 1 atom stereocenters. The normalized spacial score (nSPS) is 12.0. The molecular formula is C26H31NO5. The molecule has 1 unspecified atom stereocenters. The van der Waals surface area contributed by atoms with Crippen LogP contribution in [0.5, 0.6) is 11.5 Å². The Morgan fingerprint density at radius 3 is 2.50 bits per heavy atom. The maximum atomic E-state index is 11.8. The van der Waals surface area contributed by atoms with Crippen molar-refractivity contribution in [2.24, 2.45) is 0 Å². The molecule has 6 nitrogen and oxygen atoms in total. The SMILES string of the molecule is CCCOc1ccc(CN(Cc2ccco2)CC(O)COc2ccccc2C(C)=O)cc1. The Labute approximate surface area is 189 Å². The molecule has 2 aromatic carbocycles. The number of para-hydroxylation sites is 1. The lowest BCUT2D eigenvalue weighted by Crippen LogP contribution is -2.35. The number of nitrogens with zero attached hydrogens (tertiary/aromatic N) is 1. The number of rotatable bonds is 13. The van der Waals surface area contributed by atoms with E-state index in [-0.39, 0.29) is 12.4 Å². The van der Waals surface area contributed by atoms with Crippen molar-refractivity contribution in [1.29, 1.82) is 0 Å². The summed E-state index contributed by atoms with van der Waals surface area (Å²) in [6.45, 7) is 5.94. The minimum absolute atomic E-state index is 0.0686. The summed E-state index contributed by atoms with van der Waals surface area (Å²) in [7, 11) is 0. The molecule has 1 heterocycles. The first-order chi connectivity index (χ1) is 15.5. The number of hydrogen-bond donors (Lipinski definition) is 1. The fraction of sp³-hybridized carbons (Fsp3) is 0.346. The number of Topliss-reactive ketones (excluding diaryl/α,β-unsaturated/α-hetero) is 1. The van der Waals surface area contributed by atoms with Crippen molar-refractivity contribution in [2.75, 3.05) is 19.8 Å². The van der Waals surface area contributed by atoms with Crippen LogP contribution < -0.4 is 9.47 Å². The number of benzene rings is 2. The Hall–Kier alpha value is -3.09. The molecule has 0 aliphatic rings. The van der Waals surface area contributed by atoms with Gasteiger partial charge in [0, 0.05) is 13.1 Å². The van der Waals surface area contributed by atoms with Crippen LogP contribution in [0.4, 0.5) is 0 Å². The number of aliphatic hydroxyl groups excluding tert-OH is 1. The van der Waals surface area contributed by atoms with Crippen molar-refractivity contribution >= 4 is 5.78 Å². The van der Waals surface area contributed by atoms with E-state index < -0.39 is 6.10 Å². The fourth-order valence-electron chi connectivity index (χ4n) is 3.40. The summed E-state index contributed by atoms with van der Waals surface area (Å²) >= 11 is 0. The third-order valence-electron chi connectivity index (χ3n) is 4.93. The highest BCUT2D eigenvalue weighted by molar-refractivity contribution is 5.96. The van der Waals surface area contributed by atoms with Gasteiger partial charge in [0.05, 0.1) is 25.0 Å². The van der Waals surface area contributed by atoms with E-state index >= 15 is 0 Å². The summed E-state index contributed by atoms with van der Waals surface area (Å²) in [5.74, 6) is 2.09. The third-order valence-corrected chi connectivity index (χ3v) is 4.93. The van der Waals surface area contributed by atoms with Crippen LogP contribution in [0.1, 0.15) is 41.9 Å². The Morgan fingerprint density at radius 1 is 1.03 bits per heavy atom. The first kappa shape index (κ1) is 23.6. The summed E-state index contributed by atoms with van der Waals surface area (Å²) in [5.41, 5.74) is 1.62. The summed E-state index contributed by atoms with van der Waals surface area (Å²) in [6.07, 6.45) is 1.87. The lowest BCUT2D eigenvalue weighted by molar-refractivity contribution is 0.0599. The zero-order chi connectivity index (χ0) is 22.8. The van der Waals surface area contributed by atoms with Crippen molar-refractivity contribution in [3.63, 3.8) is 0 Å². The molecule has 170 valence electrons. The Bertz CT molecular complexity index is 953. The molecule has 0 saturated carbocycles. The molecule has 0 aliphatic carbocycles. The molecule has 1 aromatic heterocycles. The second-order valence-electron chi connectivity index (χ2n) is 7.76. The number of aliphatic hydroxyl groups is 1. The van der Waals surface area contributed by atoms with Gasteiger partial charge in [0.15, 0.2) is 5.78 Å². The molecule has 0 amide bonds. The number of carbonyl (C=O) groups excluding carboxylic acids is 1. The second kappa shape index (κ2) is 12.1. The molecule has 0 fully saturated rings. The average molecular weight is 438 g/mol. The molecule has 0 bridgehead atoms. The molecule has 0 aliphatic heterocycles. The maximum absolute atomic E-state index is 11.8. The van der Waals surface area contributed by atoms with Gasteiger partial charge < -0.3 is 19.0 Å². The monoisotopic (exact) mass is 437 g/mol. The van der Waals surface area contributed by atoms with Crippen LogP contribution in [0.3, 0.4) is 0 Å². The molecule has 0 saturated heterocycles. The van der Waals surface area contributed by atoms with Gasteiger partial charge in [0.25, 0.3) is 0 Å². The molecule has 0 spiro atoms. The van der Waals surface area contributed by atoms with Crippen molar-refractivity contribution in [3.8, 4) is 11.5 Å². The van der Waals surface area contributed by atoms with Crippen LogP contribution in [0.15, 0.2) is 71.3 Å². The number of hydrogen-bond acceptors (Lipinski definition) is 6. The maximum Gasteiger partial charge on any atom is 0.163 e. The minimum Gasteiger partial charge on any atom is -0.494 e. The predicted molar refractivity (Wildman–Crippen MR) is 123 cm³/mol. The highest BCUT2D eigenvalue weighted by atomic mass is 16.5. The van der Waals surface area contributed by atoms with E-state index in [0.717, 1.165) is 23.5 Å². The quantitative estimate of drug-likeness (QED) is 0.390. The lowest BCUT2D eigenvalue weighted by Gasteiger charge is -2.25. The van der Waals surface area contributed by atoms with Gasteiger partial charge in [-0.3, -0.25) is 9.69 Å². The fourth-order valence-corrected chi connectivity index (χ4v) is 3.40. The molecule has 6 heteroatoms. The highest BCUT2D eigenvalue weighted by Crippen LogP contribution is 2.19. The predicted octanol–water partition coefficient (Wildman–Crippen LogP) is 4.71. The van der Waals surface area contributed by atoms with Crippen LogP contribution in [0, 0.1) is 0 Å². The lowest BCUT2D eigenvalue weighted by atomic mass is 10.1. The van der Waals surface area contributed by atoms with Crippen molar-refractivity contribution in [3.05, 3.63) is 83.8 Å². The van der Waals surface area contributed by atoms with Gasteiger partial charge >= 0.3 is 0 Å². The molecule has 32 heavy (non-hydrogen) atoms. The van der Waals surface area contributed by atoms with E-state index in [1.54, 1.807) is 24.5 Å². The first-order valence-electron chi connectivity index (χ1n) is 10.9. The summed E-state index contributed by atoms with van der Waals surface area (Å²) < 4.78 is 16.9. The van der Waals surface area contributed by atoms with Crippen molar-refractivity contribution in [2.45, 2.75) is 39.5 Å². The number of furan rings is 1. The van der Waals surface area contributed by atoms with Gasteiger partial charge in [0.1, 0.15) is 30.0 Å². The van der Waals surface area contributed by atoms with E-state index in [2.05, 4.69) is 11.8 Å². The Kier molecular flexibility index (Phi) is 8.90. The average Bonchev–Trinajstić information content (AvgIpc) is 3.30. The van der Waals surface area contributed by atoms with Crippen LogP contribution >= 0.6 is 0 Å². The number of carbonyl (C=O) groups is 1. The number of ketones is 1. The van der Waals surface area contributed by atoms with Crippen LogP contribution in [0.25, 0.3) is 0 Å². The topological polar surface area (TPSA) is 72.1 Å². The van der Waals surface area contributed by atoms with Gasteiger partial charge in [-0.25, -0.2) is 0 Å². The van der Waals surface area contributed by atoms with Gasteiger partial charge in [-0.15, -0.1) is 0 Å². The van der Waals surface area contributed by atoms with Crippen LogP contribution in [-0.2, 0) is 13.1 Å². The van der Waals surface area contributed by atoms with Gasteiger partial charge in [0.2, 0.25) is 0 Å². The second-order valence-corrected chi connectivity index (χ2v) is 7.76. The van der Waals surface area contributed by atoms with Crippen LogP contribution in [-0.4, -0.2) is 41.7 Å². The summed E-state index contributed by atoms with van der Waals surface area (Å²) in [6, 6.07) is 18.8. The Balaban J connectivity index is 1.62. The molecule has 3 aromatic rings. The van der Waals surface area contributed by atoms with E-state index in [0.29, 0.717) is 37.6 Å². The summed E-state index contributed by atoms with van der Waals surface area (Å²) in [4.78, 5) is 13.9. The molecule has 0 radical (unpaired) electrons. The first-order valence-corrected chi connectivity index (χ1v) is 10.9. The van der Waals surface area contributed by atoms with E-state index in [1.165, 1.54) is 6.92 Å². The largest absolute Gasteiger partial charge is 0.494 e.